The first-order valence-electron chi connectivity index (χ1n) is 8.09. The molecule has 0 aliphatic carbocycles. The summed E-state index contributed by atoms with van der Waals surface area (Å²) in [6.45, 7) is 3.96. The van der Waals surface area contributed by atoms with Crippen LogP contribution in [0.3, 0.4) is 0 Å². The molecule has 136 valence electrons. The van der Waals surface area contributed by atoms with Crippen LogP contribution in [0.2, 0.25) is 0 Å². The van der Waals surface area contributed by atoms with Crippen molar-refractivity contribution < 1.29 is 22.8 Å². The van der Waals surface area contributed by atoms with Crippen LogP contribution in [0.25, 0.3) is 0 Å². The highest BCUT2D eigenvalue weighted by Crippen LogP contribution is 2.28. The van der Waals surface area contributed by atoms with Gasteiger partial charge in [-0.15, -0.1) is 0 Å². The Balaban J connectivity index is 1.76. The van der Waals surface area contributed by atoms with Crippen LogP contribution in [-0.4, -0.2) is 18.4 Å². The molecular formula is C19H17F3N2O2. The van der Waals surface area contributed by atoms with E-state index < -0.39 is 35.0 Å². The van der Waals surface area contributed by atoms with E-state index in [2.05, 4.69) is 5.32 Å². The van der Waals surface area contributed by atoms with Gasteiger partial charge in [-0.25, -0.2) is 13.2 Å². The molecule has 2 aromatic carbocycles. The average molecular weight is 362 g/mol. The fourth-order valence-electron chi connectivity index (χ4n) is 3.10. The molecule has 0 saturated carbocycles. The fraction of sp³-hybridized carbons (Fsp3) is 0.263. The minimum Gasteiger partial charge on any atom is -0.323 e. The predicted molar refractivity (Wildman–Crippen MR) is 91.3 cm³/mol. The molecule has 1 fully saturated rings. The van der Waals surface area contributed by atoms with Crippen LogP contribution in [0.4, 0.5) is 24.5 Å². The molecule has 1 heterocycles. The second-order valence-electron chi connectivity index (χ2n) is 6.46. The van der Waals surface area contributed by atoms with Gasteiger partial charge in [0, 0.05) is 18.7 Å². The number of benzene rings is 2. The lowest BCUT2D eigenvalue weighted by atomic mass is 10.1. The summed E-state index contributed by atoms with van der Waals surface area (Å²) in [5.41, 5.74) is 2.22. The fourth-order valence-corrected chi connectivity index (χ4v) is 3.10. The van der Waals surface area contributed by atoms with E-state index in [-0.39, 0.29) is 18.9 Å². The molecule has 1 atom stereocenters. The van der Waals surface area contributed by atoms with E-state index in [9.17, 15) is 22.8 Å². The van der Waals surface area contributed by atoms with Crippen LogP contribution in [-0.2, 0) is 9.59 Å². The van der Waals surface area contributed by atoms with Gasteiger partial charge in [0.05, 0.1) is 11.6 Å². The van der Waals surface area contributed by atoms with Crippen molar-refractivity contribution in [3.63, 3.8) is 0 Å². The summed E-state index contributed by atoms with van der Waals surface area (Å²) in [6, 6.07) is 7.35. The van der Waals surface area contributed by atoms with Gasteiger partial charge in [0.25, 0.3) is 0 Å². The molecule has 1 saturated heterocycles. The quantitative estimate of drug-likeness (QED) is 0.847. The van der Waals surface area contributed by atoms with E-state index in [4.69, 9.17) is 0 Å². The van der Waals surface area contributed by atoms with Crippen molar-refractivity contribution in [2.24, 2.45) is 5.92 Å². The summed E-state index contributed by atoms with van der Waals surface area (Å²) in [5.74, 6) is -6.00. The standard InChI is InChI=1S/C19H17F3N2O2/c1-10-5-11(2)7-13(6-10)24-9-12(8-16(24)25)19(26)23-15-4-3-14(20)17(21)18(15)22/h3-7,12H,8-9H2,1-2H3,(H,23,26). The number of carbonyl (C=O) groups is 2. The molecule has 2 amide bonds. The summed E-state index contributed by atoms with van der Waals surface area (Å²) in [5, 5.41) is 2.24. The average Bonchev–Trinajstić information content (AvgIpc) is 2.96. The summed E-state index contributed by atoms with van der Waals surface area (Å²) in [6.07, 6.45) is -0.0376. The zero-order valence-corrected chi connectivity index (χ0v) is 14.3. The van der Waals surface area contributed by atoms with Gasteiger partial charge in [-0.3, -0.25) is 9.59 Å². The van der Waals surface area contributed by atoms with Crippen molar-refractivity contribution in [2.75, 3.05) is 16.8 Å². The molecule has 0 bridgehead atoms. The summed E-state index contributed by atoms with van der Waals surface area (Å²) < 4.78 is 40.0. The normalized spacial score (nSPS) is 16.9. The van der Waals surface area contributed by atoms with Crippen LogP contribution in [0.1, 0.15) is 17.5 Å². The van der Waals surface area contributed by atoms with Crippen molar-refractivity contribution in [3.05, 3.63) is 58.9 Å². The molecule has 0 spiro atoms. The van der Waals surface area contributed by atoms with E-state index in [0.29, 0.717) is 5.69 Å². The highest BCUT2D eigenvalue weighted by molar-refractivity contribution is 6.03. The van der Waals surface area contributed by atoms with E-state index in [1.54, 1.807) is 0 Å². The first kappa shape index (κ1) is 18.0. The summed E-state index contributed by atoms with van der Waals surface area (Å²) in [4.78, 5) is 26.1. The van der Waals surface area contributed by atoms with Gasteiger partial charge in [-0.2, -0.15) is 0 Å². The molecule has 4 nitrogen and oxygen atoms in total. The smallest absolute Gasteiger partial charge is 0.229 e. The largest absolute Gasteiger partial charge is 0.323 e. The number of carbonyl (C=O) groups excluding carboxylic acids is 2. The van der Waals surface area contributed by atoms with E-state index in [1.807, 2.05) is 32.0 Å². The number of halogens is 3. The van der Waals surface area contributed by atoms with Crippen LogP contribution in [0, 0.1) is 37.2 Å². The molecule has 7 heteroatoms. The van der Waals surface area contributed by atoms with E-state index in [1.165, 1.54) is 4.90 Å². The number of aryl methyl sites for hydroxylation is 2. The lowest BCUT2D eigenvalue weighted by molar-refractivity contribution is -0.122. The molecular weight excluding hydrogens is 345 g/mol. The number of rotatable bonds is 3. The number of anilines is 2. The number of hydrogen-bond donors (Lipinski definition) is 1. The molecule has 1 N–H and O–H groups in total. The van der Waals surface area contributed by atoms with Crippen molar-refractivity contribution in [1.82, 2.24) is 0 Å². The van der Waals surface area contributed by atoms with Gasteiger partial charge in [0.1, 0.15) is 0 Å². The SMILES string of the molecule is Cc1cc(C)cc(N2CC(C(=O)Nc3ccc(F)c(F)c3F)CC2=O)c1. The Morgan fingerprint density at radius 2 is 1.73 bits per heavy atom. The highest BCUT2D eigenvalue weighted by Gasteiger charge is 2.35. The van der Waals surface area contributed by atoms with Crippen LogP contribution in [0.5, 0.6) is 0 Å². The Morgan fingerprint density at radius 3 is 2.38 bits per heavy atom. The number of nitrogens with zero attached hydrogens (tertiary/aromatic N) is 1. The first-order chi connectivity index (χ1) is 12.3. The molecule has 26 heavy (non-hydrogen) atoms. The molecule has 3 rings (SSSR count). The zero-order chi connectivity index (χ0) is 19.0. The zero-order valence-electron chi connectivity index (χ0n) is 14.3. The molecule has 1 aliphatic rings. The third-order valence-corrected chi connectivity index (χ3v) is 4.31. The monoisotopic (exact) mass is 362 g/mol. The van der Waals surface area contributed by atoms with Crippen molar-refractivity contribution >= 4 is 23.2 Å². The van der Waals surface area contributed by atoms with Gasteiger partial charge in [-0.1, -0.05) is 6.07 Å². The van der Waals surface area contributed by atoms with Crippen LogP contribution in [0.15, 0.2) is 30.3 Å². The molecule has 0 aromatic heterocycles. The second-order valence-corrected chi connectivity index (χ2v) is 6.46. The van der Waals surface area contributed by atoms with E-state index >= 15 is 0 Å². The van der Waals surface area contributed by atoms with Crippen LogP contribution >= 0.6 is 0 Å². The van der Waals surface area contributed by atoms with Gasteiger partial charge in [-0.05, 0) is 49.2 Å². The lowest BCUT2D eigenvalue weighted by Crippen LogP contribution is -2.28. The summed E-state index contributed by atoms with van der Waals surface area (Å²) in [7, 11) is 0. The van der Waals surface area contributed by atoms with Crippen molar-refractivity contribution in [1.29, 1.82) is 0 Å². The first-order valence-corrected chi connectivity index (χ1v) is 8.09. The van der Waals surface area contributed by atoms with Gasteiger partial charge in [0.15, 0.2) is 17.5 Å². The third kappa shape index (κ3) is 3.42. The topological polar surface area (TPSA) is 49.4 Å². The summed E-state index contributed by atoms with van der Waals surface area (Å²) >= 11 is 0. The Labute approximate surface area is 148 Å². The van der Waals surface area contributed by atoms with Gasteiger partial charge >= 0.3 is 0 Å². The van der Waals surface area contributed by atoms with Gasteiger partial charge < -0.3 is 10.2 Å². The molecule has 0 radical (unpaired) electrons. The second kappa shape index (κ2) is 6.82. The van der Waals surface area contributed by atoms with Crippen LogP contribution < -0.4 is 10.2 Å². The van der Waals surface area contributed by atoms with Gasteiger partial charge in [0.2, 0.25) is 11.8 Å². The third-order valence-electron chi connectivity index (χ3n) is 4.31. The Morgan fingerprint density at radius 1 is 1.08 bits per heavy atom. The maximum atomic E-state index is 13.7. The Kier molecular flexibility index (Phi) is 4.71. The Bertz CT molecular complexity index is 878. The number of amides is 2. The van der Waals surface area contributed by atoms with E-state index in [0.717, 1.165) is 23.3 Å². The molecule has 1 unspecified atom stereocenters. The maximum absolute atomic E-state index is 13.7. The lowest BCUT2D eigenvalue weighted by Gasteiger charge is -2.18. The predicted octanol–water partition coefficient (Wildman–Crippen LogP) is 3.71. The minimum absolute atomic E-state index is 0.0376. The molecule has 1 aliphatic heterocycles. The van der Waals surface area contributed by atoms with Crippen molar-refractivity contribution in [3.8, 4) is 0 Å². The molecule has 2 aromatic rings. The minimum atomic E-state index is -1.65. The number of hydrogen-bond acceptors (Lipinski definition) is 2. The Hall–Kier alpha value is -2.83. The number of nitrogens with one attached hydrogen (secondary N) is 1. The van der Waals surface area contributed by atoms with Crippen molar-refractivity contribution in [2.45, 2.75) is 20.3 Å². The highest BCUT2D eigenvalue weighted by atomic mass is 19.2. The maximum Gasteiger partial charge on any atom is 0.229 e.